The van der Waals surface area contributed by atoms with Gasteiger partial charge in [0.25, 0.3) is 0 Å². The zero-order chi connectivity index (χ0) is 14.1. The van der Waals surface area contributed by atoms with Crippen molar-refractivity contribution in [2.24, 2.45) is 11.1 Å². The van der Waals surface area contributed by atoms with Crippen molar-refractivity contribution in [1.82, 2.24) is 9.80 Å². The highest BCUT2D eigenvalue weighted by Gasteiger charge is 2.43. The Kier molecular flexibility index (Phi) is 4.40. The summed E-state index contributed by atoms with van der Waals surface area (Å²) in [4.78, 5) is 5.24. The third kappa shape index (κ3) is 2.77. The molecule has 0 atom stereocenters. The highest BCUT2D eigenvalue weighted by atomic mass is 15.2. The SMILES string of the molecule is CN1CCC(CN)(N2CCC3(CCCCC3)CC2)CC1. The van der Waals surface area contributed by atoms with Gasteiger partial charge in [0.05, 0.1) is 0 Å². The van der Waals surface area contributed by atoms with Crippen LogP contribution in [0.25, 0.3) is 0 Å². The lowest BCUT2D eigenvalue weighted by Gasteiger charge is -2.53. The molecule has 3 nitrogen and oxygen atoms in total. The van der Waals surface area contributed by atoms with Crippen molar-refractivity contribution in [2.45, 2.75) is 63.3 Å². The van der Waals surface area contributed by atoms with E-state index in [1.165, 1.54) is 84.0 Å². The zero-order valence-corrected chi connectivity index (χ0v) is 13.4. The summed E-state index contributed by atoms with van der Waals surface area (Å²) in [7, 11) is 2.24. The first-order chi connectivity index (χ1) is 9.68. The predicted molar refractivity (Wildman–Crippen MR) is 84.8 cm³/mol. The van der Waals surface area contributed by atoms with E-state index in [0.29, 0.717) is 5.54 Å². The summed E-state index contributed by atoms with van der Waals surface area (Å²) in [6.07, 6.45) is 12.8. The van der Waals surface area contributed by atoms with E-state index in [4.69, 9.17) is 5.73 Å². The molecule has 3 fully saturated rings. The normalized spacial score (nSPS) is 31.5. The lowest BCUT2D eigenvalue weighted by Crippen LogP contribution is -2.61. The summed E-state index contributed by atoms with van der Waals surface area (Å²) < 4.78 is 0. The van der Waals surface area contributed by atoms with Gasteiger partial charge in [-0.05, 0) is 77.2 Å². The van der Waals surface area contributed by atoms with Gasteiger partial charge in [-0.3, -0.25) is 4.90 Å². The van der Waals surface area contributed by atoms with Crippen molar-refractivity contribution >= 4 is 0 Å². The summed E-state index contributed by atoms with van der Waals surface area (Å²) in [6, 6.07) is 0. The third-order valence-electron chi connectivity index (χ3n) is 6.71. The van der Waals surface area contributed by atoms with Crippen LogP contribution in [0.5, 0.6) is 0 Å². The Bertz CT molecular complexity index is 304. The lowest BCUT2D eigenvalue weighted by molar-refractivity contribution is -0.0229. The summed E-state index contributed by atoms with van der Waals surface area (Å²) in [5.74, 6) is 0. The molecular formula is C17H33N3. The molecule has 0 bridgehead atoms. The molecule has 0 aromatic rings. The standard InChI is InChI=1S/C17H33N3/c1-19-11-9-17(15-18,10-12-19)20-13-7-16(8-14-20)5-3-2-4-6-16/h2-15,18H2,1H3. The largest absolute Gasteiger partial charge is 0.329 e. The minimum Gasteiger partial charge on any atom is -0.329 e. The molecule has 0 unspecified atom stereocenters. The predicted octanol–water partition coefficient (Wildman–Crippen LogP) is 2.46. The van der Waals surface area contributed by atoms with Crippen molar-refractivity contribution in [3.63, 3.8) is 0 Å². The van der Waals surface area contributed by atoms with Crippen molar-refractivity contribution in [2.75, 3.05) is 39.8 Å². The van der Waals surface area contributed by atoms with Gasteiger partial charge in [-0.25, -0.2) is 0 Å². The molecule has 1 aliphatic carbocycles. The molecule has 2 saturated heterocycles. The highest BCUT2D eigenvalue weighted by molar-refractivity contribution is 4.99. The van der Waals surface area contributed by atoms with Crippen LogP contribution < -0.4 is 5.73 Å². The van der Waals surface area contributed by atoms with E-state index >= 15 is 0 Å². The number of likely N-dealkylation sites (tertiary alicyclic amines) is 2. The molecule has 3 rings (SSSR count). The molecule has 1 saturated carbocycles. The van der Waals surface area contributed by atoms with Crippen molar-refractivity contribution < 1.29 is 0 Å². The van der Waals surface area contributed by atoms with Crippen LogP contribution in [0.1, 0.15) is 57.8 Å². The summed E-state index contributed by atoms with van der Waals surface area (Å²) in [5.41, 5.74) is 7.26. The van der Waals surface area contributed by atoms with E-state index in [9.17, 15) is 0 Å². The second-order valence-corrected chi connectivity index (χ2v) is 7.78. The minimum atomic E-state index is 0.322. The molecule has 2 aliphatic heterocycles. The Balaban J connectivity index is 1.61. The maximum absolute atomic E-state index is 6.22. The fourth-order valence-corrected chi connectivity index (χ4v) is 4.94. The van der Waals surface area contributed by atoms with Crippen LogP contribution in [-0.4, -0.2) is 55.1 Å². The van der Waals surface area contributed by atoms with E-state index in [0.717, 1.165) is 12.0 Å². The minimum absolute atomic E-state index is 0.322. The van der Waals surface area contributed by atoms with Crippen LogP contribution in [0.2, 0.25) is 0 Å². The molecule has 0 amide bonds. The molecule has 3 heteroatoms. The molecule has 2 N–H and O–H groups in total. The Labute approximate surface area is 124 Å². The molecule has 0 aromatic carbocycles. The molecule has 1 spiro atoms. The molecule has 0 aromatic heterocycles. The van der Waals surface area contributed by atoms with Crippen LogP contribution >= 0.6 is 0 Å². The Morgan fingerprint density at radius 3 is 1.95 bits per heavy atom. The molecule has 2 heterocycles. The van der Waals surface area contributed by atoms with Gasteiger partial charge in [-0.15, -0.1) is 0 Å². The molecule has 0 radical (unpaired) electrons. The quantitative estimate of drug-likeness (QED) is 0.843. The summed E-state index contributed by atoms with van der Waals surface area (Å²) in [6.45, 7) is 5.91. The van der Waals surface area contributed by atoms with Crippen LogP contribution in [0.3, 0.4) is 0 Å². The Hall–Kier alpha value is -0.120. The fraction of sp³-hybridized carbons (Fsp3) is 1.00. The van der Waals surface area contributed by atoms with Gasteiger partial charge in [0.15, 0.2) is 0 Å². The maximum atomic E-state index is 6.22. The fourth-order valence-electron chi connectivity index (χ4n) is 4.94. The second kappa shape index (κ2) is 5.94. The van der Waals surface area contributed by atoms with Crippen LogP contribution in [-0.2, 0) is 0 Å². The number of piperidine rings is 2. The average Bonchev–Trinajstić information content (AvgIpc) is 2.50. The second-order valence-electron chi connectivity index (χ2n) is 7.78. The highest BCUT2D eigenvalue weighted by Crippen LogP contribution is 2.46. The summed E-state index contributed by atoms with van der Waals surface area (Å²) >= 11 is 0. The van der Waals surface area contributed by atoms with E-state index in [2.05, 4.69) is 16.8 Å². The van der Waals surface area contributed by atoms with Crippen LogP contribution in [0.15, 0.2) is 0 Å². The number of nitrogens with two attached hydrogens (primary N) is 1. The molecule has 3 aliphatic rings. The van der Waals surface area contributed by atoms with E-state index < -0.39 is 0 Å². The van der Waals surface area contributed by atoms with Gasteiger partial charge in [-0.1, -0.05) is 19.3 Å². The monoisotopic (exact) mass is 279 g/mol. The van der Waals surface area contributed by atoms with Gasteiger partial charge in [-0.2, -0.15) is 0 Å². The summed E-state index contributed by atoms with van der Waals surface area (Å²) in [5, 5.41) is 0. The lowest BCUT2D eigenvalue weighted by atomic mass is 9.67. The smallest absolute Gasteiger partial charge is 0.0356 e. The van der Waals surface area contributed by atoms with Crippen LogP contribution in [0.4, 0.5) is 0 Å². The first-order valence-electron chi connectivity index (χ1n) is 8.82. The number of rotatable bonds is 2. The first kappa shape index (κ1) is 14.8. The van der Waals surface area contributed by atoms with Gasteiger partial charge < -0.3 is 10.6 Å². The van der Waals surface area contributed by atoms with Gasteiger partial charge >= 0.3 is 0 Å². The van der Waals surface area contributed by atoms with E-state index in [-0.39, 0.29) is 0 Å². The van der Waals surface area contributed by atoms with Gasteiger partial charge in [0.2, 0.25) is 0 Å². The topological polar surface area (TPSA) is 32.5 Å². The van der Waals surface area contributed by atoms with Gasteiger partial charge in [0, 0.05) is 12.1 Å². The van der Waals surface area contributed by atoms with Crippen LogP contribution in [0, 0.1) is 5.41 Å². The Morgan fingerprint density at radius 1 is 0.800 bits per heavy atom. The van der Waals surface area contributed by atoms with Gasteiger partial charge in [0.1, 0.15) is 0 Å². The van der Waals surface area contributed by atoms with E-state index in [1.807, 2.05) is 0 Å². The average molecular weight is 279 g/mol. The molecular weight excluding hydrogens is 246 g/mol. The third-order valence-corrected chi connectivity index (χ3v) is 6.71. The first-order valence-corrected chi connectivity index (χ1v) is 8.82. The zero-order valence-electron chi connectivity index (χ0n) is 13.4. The number of hydrogen-bond acceptors (Lipinski definition) is 3. The maximum Gasteiger partial charge on any atom is 0.0356 e. The van der Waals surface area contributed by atoms with Crippen molar-refractivity contribution in [3.05, 3.63) is 0 Å². The molecule has 116 valence electrons. The number of nitrogens with zero attached hydrogens (tertiary/aromatic N) is 2. The Morgan fingerprint density at radius 2 is 1.40 bits per heavy atom. The molecule has 20 heavy (non-hydrogen) atoms. The van der Waals surface area contributed by atoms with E-state index in [1.54, 1.807) is 0 Å². The number of hydrogen-bond donors (Lipinski definition) is 1. The van der Waals surface area contributed by atoms with Crippen molar-refractivity contribution in [1.29, 1.82) is 0 Å². The van der Waals surface area contributed by atoms with Crippen molar-refractivity contribution in [3.8, 4) is 0 Å².